The van der Waals surface area contributed by atoms with Gasteiger partial charge in [0.2, 0.25) is 5.78 Å². The predicted molar refractivity (Wildman–Crippen MR) is 61.1 cm³/mol. The van der Waals surface area contributed by atoms with E-state index in [4.69, 9.17) is 5.41 Å². The standard InChI is InChI=1S/C12H13NO4/c1-2-17-11(15)12(16,8-13)10(14)9-6-4-3-5-7-9/h3-8,13,16H,2H2,1H3. The summed E-state index contributed by atoms with van der Waals surface area (Å²) in [4.78, 5) is 23.4. The molecule has 5 heteroatoms. The van der Waals surface area contributed by atoms with Gasteiger partial charge in [0, 0.05) is 11.8 Å². The van der Waals surface area contributed by atoms with E-state index in [0.29, 0.717) is 6.21 Å². The second-order valence-corrected chi connectivity index (χ2v) is 3.33. The van der Waals surface area contributed by atoms with E-state index in [1.54, 1.807) is 25.1 Å². The van der Waals surface area contributed by atoms with E-state index >= 15 is 0 Å². The Balaban J connectivity index is 3.06. The van der Waals surface area contributed by atoms with Crippen LogP contribution in [-0.4, -0.2) is 35.3 Å². The number of benzene rings is 1. The number of esters is 1. The van der Waals surface area contributed by atoms with Gasteiger partial charge in [-0.3, -0.25) is 4.79 Å². The van der Waals surface area contributed by atoms with E-state index < -0.39 is 17.4 Å². The van der Waals surface area contributed by atoms with E-state index in [2.05, 4.69) is 4.74 Å². The molecule has 0 heterocycles. The summed E-state index contributed by atoms with van der Waals surface area (Å²) in [6.45, 7) is 1.58. The third-order valence-corrected chi connectivity index (χ3v) is 2.18. The van der Waals surface area contributed by atoms with Crippen LogP contribution in [0.1, 0.15) is 17.3 Å². The smallest absolute Gasteiger partial charge is 0.352 e. The molecule has 0 spiro atoms. The maximum Gasteiger partial charge on any atom is 0.352 e. The van der Waals surface area contributed by atoms with Crippen molar-refractivity contribution in [1.82, 2.24) is 0 Å². The van der Waals surface area contributed by atoms with Crippen LogP contribution in [0.5, 0.6) is 0 Å². The topological polar surface area (TPSA) is 87.4 Å². The molecule has 0 saturated carbocycles. The number of hydrogen-bond acceptors (Lipinski definition) is 5. The molecule has 0 aromatic heterocycles. The maximum atomic E-state index is 11.9. The van der Waals surface area contributed by atoms with Gasteiger partial charge in [0.25, 0.3) is 5.60 Å². The first kappa shape index (κ1) is 13.1. The second kappa shape index (κ2) is 5.36. The summed E-state index contributed by atoms with van der Waals surface area (Å²) in [5, 5.41) is 16.9. The van der Waals surface area contributed by atoms with Crippen molar-refractivity contribution in [3.63, 3.8) is 0 Å². The van der Waals surface area contributed by atoms with Gasteiger partial charge in [-0.25, -0.2) is 4.79 Å². The Morgan fingerprint density at radius 1 is 1.41 bits per heavy atom. The third kappa shape index (κ3) is 2.57. The fourth-order valence-corrected chi connectivity index (χ4v) is 1.27. The number of hydrogen-bond donors (Lipinski definition) is 2. The summed E-state index contributed by atoms with van der Waals surface area (Å²) >= 11 is 0. The van der Waals surface area contributed by atoms with Crippen LogP contribution >= 0.6 is 0 Å². The summed E-state index contributed by atoms with van der Waals surface area (Å²) in [7, 11) is 0. The highest BCUT2D eigenvalue weighted by atomic mass is 16.5. The van der Waals surface area contributed by atoms with E-state index in [1.807, 2.05) is 0 Å². The number of carbonyl (C=O) groups excluding carboxylic acids is 2. The number of ketones is 1. The minimum atomic E-state index is -2.54. The average Bonchev–Trinajstić information content (AvgIpc) is 2.38. The van der Waals surface area contributed by atoms with Crippen molar-refractivity contribution in [2.75, 3.05) is 6.61 Å². The minimum absolute atomic E-state index is 0.0249. The lowest BCUT2D eigenvalue weighted by Crippen LogP contribution is -2.49. The fraction of sp³-hybridized carbons (Fsp3) is 0.250. The molecule has 0 aliphatic rings. The molecule has 5 nitrogen and oxygen atoms in total. The van der Waals surface area contributed by atoms with Crippen molar-refractivity contribution in [1.29, 1.82) is 5.41 Å². The van der Waals surface area contributed by atoms with E-state index in [9.17, 15) is 14.7 Å². The van der Waals surface area contributed by atoms with Crippen molar-refractivity contribution < 1.29 is 19.4 Å². The Hall–Kier alpha value is -2.01. The Bertz CT molecular complexity index is 429. The van der Waals surface area contributed by atoms with Gasteiger partial charge in [0.05, 0.1) is 6.61 Å². The van der Waals surface area contributed by atoms with Crippen molar-refractivity contribution >= 4 is 18.0 Å². The maximum absolute atomic E-state index is 11.9. The van der Waals surface area contributed by atoms with Gasteiger partial charge in [-0.2, -0.15) is 0 Å². The Morgan fingerprint density at radius 2 is 2.00 bits per heavy atom. The molecule has 1 atom stereocenters. The largest absolute Gasteiger partial charge is 0.463 e. The summed E-state index contributed by atoms with van der Waals surface area (Å²) in [5.74, 6) is -2.00. The summed E-state index contributed by atoms with van der Waals surface area (Å²) in [5.41, 5.74) is -2.40. The average molecular weight is 235 g/mol. The Morgan fingerprint density at radius 3 is 2.47 bits per heavy atom. The number of Topliss-reactive ketones (excluding diaryl/α,β-unsaturated/α-hetero) is 1. The molecule has 0 saturated heterocycles. The summed E-state index contributed by atoms with van der Waals surface area (Å²) in [6, 6.07) is 7.81. The molecule has 1 unspecified atom stereocenters. The fourth-order valence-electron chi connectivity index (χ4n) is 1.27. The van der Waals surface area contributed by atoms with E-state index in [-0.39, 0.29) is 12.2 Å². The van der Waals surface area contributed by atoms with Crippen LogP contribution < -0.4 is 0 Å². The van der Waals surface area contributed by atoms with Gasteiger partial charge in [0.1, 0.15) is 0 Å². The van der Waals surface area contributed by atoms with Crippen molar-refractivity contribution in [2.45, 2.75) is 12.5 Å². The van der Waals surface area contributed by atoms with Gasteiger partial charge in [-0.1, -0.05) is 30.3 Å². The van der Waals surface area contributed by atoms with Crippen LogP contribution in [0.4, 0.5) is 0 Å². The molecule has 0 aliphatic carbocycles. The first-order chi connectivity index (χ1) is 8.06. The number of rotatable bonds is 5. The molecule has 0 fully saturated rings. The lowest BCUT2D eigenvalue weighted by molar-refractivity contribution is -0.153. The molecule has 2 N–H and O–H groups in total. The van der Waals surface area contributed by atoms with Gasteiger partial charge in [0.15, 0.2) is 0 Å². The van der Waals surface area contributed by atoms with Crippen molar-refractivity contribution in [3.8, 4) is 0 Å². The zero-order valence-electron chi connectivity index (χ0n) is 9.34. The number of ether oxygens (including phenoxy) is 1. The molecule has 1 aromatic rings. The zero-order chi connectivity index (χ0) is 12.9. The van der Waals surface area contributed by atoms with Crippen LogP contribution in [0.3, 0.4) is 0 Å². The first-order valence-electron chi connectivity index (χ1n) is 5.07. The first-order valence-corrected chi connectivity index (χ1v) is 5.07. The minimum Gasteiger partial charge on any atom is -0.463 e. The molecule has 0 bridgehead atoms. The molecular formula is C12H13NO4. The molecule has 90 valence electrons. The quantitative estimate of drug-likeness (QED) is 0.342. The highest BCUT2D eigenvalue weighted by Crippen LogP contribution is 2.13. The number of nitrogens with one attached hydrogen (secondary N) is 1. The monoisotopic (exact) mass is 235 g/mol. The Labute approximate surface area is 98.5 Å². The SMILES string of the molecule is CCOC(=O)C(O)(C=N)C(=O)c1ccccc1. The Kier molecular flexibility index (Phi) is 4.12. The second-order valence-electron chi connectivity index (χ2n) is 3.33. The summed E-state index contributed by atoms with van der Waals surface area (Å²) in [6.07, 6.45) is 0.389. The predicted octanol–water partition coefficient (Wildman–Crippen LogP) is 0.813. The molecule has 0 radical (unpaired) electrons. The van der Waals surface area contributed by atoms with E-state index in [1.165, 1.54) is 12.1 Å². The van der Waals surface area contributed by atoms with Crippen LogP contribution in [0.2, 0.25) is 0 Å². The van der Waals surface area contributed by atoms with Crippen LogP contribution in [0, 0.1) is 5.41 Å². The zero-order valence-corrected chi connectivity index (χ0v) is 9.34. The molecule has 0 amide bonds. The van der Waals surface area contributed by atoms with Gasteiger partial charge >= 0.3 is 5.97 Å². The molecule has 1 aromatic carbocycles. The van der Waals surface area contributed by atoms with Crippen molar-refractivity contribution in [2.24, 2.45) is 0 Å². The molecule has 0 aliphatic heterocycles. The number of aliphatic hydroxyl groups is 1. The molecule has 1 rings (SSSR count). The van der Waals surface area contributed by atoms with Crippen LogP contribution in [0.15, 0.2) is 30.3 Å². The van der Waals surface area contributed by atoms with Gasteiger partial charge in [-0.05, 0) is 6.92 Å². The molecule has 17 heavy (non-hydrogen) atoms. The lowest BCUT2D eigenvalue weighted by Gasteiger charge is -2.19. The van der Waals surface area contributed by atoms with Gasteiger partial charge in [-0.15, -0.1) is 0 Å². The lowest BCUT2D eigenvalue weighted by atomic mass is 9.94. The van der Waals surface area contributed by atoms with Crippen LogP contribution in [0.25, 0.3) is 0 Å². The van der Waals surface area contributed by atoms with Crippen molar-refractivity contribution in [3.05, 3.63) is 35.9 Å². The highest BCUT2D eigenvalue weighted by molar-refractivity contribution is 6.25. The highest BCUT2D eigenvalue weighted by Gasteiger charge is 2.44. The number of carbonyl (C=O) groups is 2. The normalized spacial score (nSPS) is 13.5. The third-order valence-electron chi connectivity index (χ3n) is 2.18. The van der Waals surface area contributed by atoms with E-state index in [0.717, 1.165) is 0 Å². The summed E-state index contributed by atoms with van der Waals surface area (Å²) < 4.78 is 4.58. The molecular weight excluding hydrogens is 222 g/mol. The van der Waals surface area contributed by atoms with Crippen LogP contribution in [-0.2, 0) is 9.53 Å². The van der Waals surface area contributed by atoms with Gasteiger partial charge < -0.3 is 15.3 Å².